The third-order valence-corrected chi connectivity index (χ3v) is 6.48. The topological polar surface area (TPSA) is 68.3 Å². The third kappa shape index (κ3) is 4.93. The summed E-state index contributed by atoms with van der Waals surface area (Å²) in [5.41, 5.74) is 12.5. The lowest BCUT2D eigenvalue weighted by molar-refractivity contribution is 0.101. The molecule has 6 nitrogen and oxygen atoms in total. The molecule has 1 saturated heterocycles. The number of nitrogens with zero attached hydrogens (tertiary/aromatic N) is 3. The molecule has 0 amide bonds. The number of hydrogen-bond acceptors (Lipinski definition) is 5. The van der Waals surface area contributed by atoms with Crippen molar-refractivity contribution in [3.05, 3.63) is 120 Å². The second-order valence-electron chi connectivity index (χ2n) is 8.95. The minimum Gasteiger partial charge on any atom is -0.495 e. The highest BCUT2D eigenvalue weighted by atomic mass is 16.5. The molecule has 3 aromatic carbocycles. The molecule has 1 aromatic heterocycles. The molecule has 1 fully saturated rings. The first-order valence-electron chi connectivity index (χ1n) is 11.9. The molecule has 178 valence electrons. The van der Waals surface area contributed by atoms with E-state index >= 15 is 0 Å². The van der Waals surface area contributed by atoms with E-state index in [0.717, 1.165) is 35.8 Å². The second-order valence-corrected chi connectivity index (χ2v) is 8.95. The predicted octanol–water partition coefficient (Wildman–Crippen LogP) is 4.51. The lowest BCUT2D eigenvalue weighted by atomic mass is 9.93. The summed E-state index contributed by atoms with van der Waals surface area (Å²) in [6.07, 6.45) is 5.67. The van der Waals surface area contributed by atoms with Crippen LogP contribution in [-0.2, 0) is 0 Å². The molecule has 0 saturated carbocycles. The van der Waals surface area contributed by atoms with Gasteiger partial charge in [0.05, 0.1) is 42.6 Å². The number of likely N-dealkylation sites (tertiary alicyclic amines) is 1. The average Bonchev–Trinajstić information content (AvgIpc) is 3.31. The molecule has 0 atom stereocenters. The minimum absolute atomic E-state index is 0.250. The monoisotopic (exact) mass is 465 g/mol. The van der Waals surface area contributed by atoms with Crippen LogP contribution in [-0.4, -0.2) is 40.7 Å². The first kappa shape index (κ1) is 22.7. The Balaban J connectivity index is 1.26. The van der Waals surface area contributed by atoms with Gasteiger partial charge in [-0.05, 0) is 30.2 Å². The van der Waals surface area contributed by atoms with Gasteiger partial charge in [0.15, 0.2) is 0 Å². The fourth-order valence-electron chi connectivity index (χ4n) is 4.63. The van der Waals surface area contributed by atoms with Crippen LogP contribution in [0.1, 0.15) is 28.4 Å². The SMILES string of the molecule is COc1cc(/C(N)=C/NC2CN(C(c3ccccc3)c3ccccc3)C2)ccc1-n1cnc(C)c1. The molecule has 35 heavy (non-hydrogen) atoms. The smallest absolute Gasteiger partial charge is 0.143 e. The molecule has 5 rings (SSSR count). The maximum atomic E-state index is 6.43. The zero-order chi connectivity index (χ0) is 24.2. The number of rotatable bonds is 8. The molecule has 2 heterocycles. The Morgan fingerprint density at radius 1 is 1.03 bits per heavy atom. The molecule has 3 N–H and O–H groups in total. The fraction of sp³-hybridized carbons (Fsp3) is 0.207. The van der Waals surface area contributed by atoms with Crippen LogP contribution in [0.5, 0.6) is 5.75 Å². The highest BCUT2D eigenvalue weighted by Crippen LogP contribution is 2.32. The summed E-state index contributed by atoms with van der Waals surface area (Å²) in [7, 11) is 1.67. The number of aromatic nitrogens is 2. The van der Waals surface area contributed by atoms with E-state index in [-0.39, 0.29) is 6.04 Å². The molecular formula is C29H31N5O. The Hall–Kier alpha value is -4.03. The van der Waals surface area contributed by atoms with Crippen LogP contribution in [0.4, 0.5) is 0 Å². The van der Waals surface area contributed by atoms with Crippen molar-refractivity contribution in [2.45, 2.75) is 19.0 Å². The number of methoxy groups -OCH3 is 1. The van der Waals surface area contributed by atoms with Crippen LogP contribution in [0.25, 0.3) is 11.4 Å². The molecule has 6 heteroatoms. The molecule has 0 radical (unpaired) electrons. The summed E-state index contributed by atoms with van der Waals surface area (Å²) >= 11 is 0. The molecule has 4 aromatic rings. The number of ether oxygens (including phenoxy) is 1. The van der Waals surface area contributed by atoms with Crippen molar-refractivity contribution >= 4 is 5.70 Å². The minimum atomic E-state index is 0.250. The second kappa shape index (κ2) is 10.1. The normalized spacial score (nSPS) is 14.7. The highest BCUT2D eigenvalue weighted by Gasteiger charge is 2.33. The van der Waals surface area contributed by atoms with Gasteiger partial charge in [0, 0.05) is 31.0 Å². The summed E-state index contributed by atoms with van der Waals surface area (Å²) in [6, 6.07) is 28.0. The number of aryl methyl sites for hydroxylation is 1. The maximum Gasteiger partial charge on any atom is 0.143 e. The third-order valence-electron chi connectivity index (χ3n) is 6.48. The summed E-state index contributed by atoms with van der Waals surface area (Å²) in [4.78, 5) is 6.80. The number of hydrogen-bond donors (Lipinski definition) is 2. The van der Waals surface area contributed by atoms with Gasteiger partial charge in [0.1, 0.15) is 5.75 Å². The molecule has 0 spiro atoms. The average molecular weight is 466 g/mol. The molecule has 0 unspecified atom stereocenters. The lowest BCUT2D eigenvalue weighted by Crippen LogP contribution is -2.57. The number of imidazole rings is 1. The Bertz CT molecular complexity index is 1250. The van der Waals surface area contributed by atoms with Crippen molar-refractivity contribution in [2.24, 2.45) is 5.73 Å². The Morgan fingerprint density at radius 2 is 1.69 bits per heavy atom. The number of nitrogens with two attached hydrogens (primary N) is 1. The van der Waals surface area contributed by atoms with E-state index in [1.54, 1.807) is 13.4 Å². The van der Waals surface area contributed by atoms with Crippen LogP contribution < -0.4 is 15.8 Å². The largest absolute Gasteiger partial charge is 0.495 e. The summed E-state index contributed by atoms with van der Waals surface area (Å²) in [5, 5.41) is 3.51. The van der Waals surface area contributed by atoms with E-state index in [1.807, 2.05) is 42.1 Å². The van der Waals surface area contributed by atoms with Crippen molar-refractivity contribution in [2.75, 3.05) is 20.2 Å². The Morgan fingerprint density at radius 3 is 2.26 bits per heavy atom. The van der Waals surface area contributed by atoms with E-state index in [0.29, 0.717) is 11.7 Å². The van der Waals surface area contributed by atoms with Crippen molar-refractivity contribution in [1.82, 2.24) is 19.8 Å². The van der Waals surface area contributed by atoms with Gasteiger partial charge in [-0.1, -0.05) is 66.7 Å². The molecule has 0 aliphatic carbocycles. The standard InChI is InChI=1S/C29H31N5O/c1-21-17-34(20-32-21)27-14-13-24(15-28(27)35-2)26(30)16-31-25-18-33(19-25)29(22-9-5-3-6-10-22)23-11-7-4-8-12-23/h3-17,20,25,29,31H,18-19,30H2,1-2H3/b26-16-. The Labute approximate surface area is 206 Å². The highest BCUT2D eigenvalue weighted by molar-refractivity contribution is 5.66. The van der Waals surface area contributed by atoms with Crippen LogP contribution in [0.15, 0.2) is 97.6 Å². The molecule has 1 aliphatic heterocycles. The summed E-state index contributed by atoms with van der Waals surface area (Å²) < 4.78 is 7.58. The van der Waals surface area contributed by atoms with E-state index < -0.39 is 0 Å². The molecule has 0 bridgehead atoms. The van der Waals surface area contributed by atoms with Gasteiger partial charge in [-0.3, -0.25) is 4.90 Å². The lowest BCUT2D eigenvalue weighted by Gasteiger charge is -2.45. The fourth-order valence-corrected chi connectivity index (χ4v) is 4.63. The number of benzene rings is 3. The molecule has 1 aliphatic rings. The van der Waals surface area contributed by atoms with Gasteiger partial charge in [-0.2, -0.15) is 0 Å². The number of nitrogens with one attached hydrogen (secondary N) is 1. The quantitative estimate of drug-likeness (QED) is 0.401. The van der Waals surface area contributed by atoms with Gasteiger partial charge in [-0.15, -0.1) is 0 Å². The van der Waals surface area contributed by atoms with E-state index in [4.69, 9.17) is 10.5 Å². The molecular weight excluding hydrogens is 434 g/mol. The van der Waals surface area contributed by atoms with Gasteiger partial charge < -0.3 is 20.4 Å². The first-order chi connectivity index (χ1) is 17.1. The Kier molecular flexibility index (Phi) is 6.55. The zero-order valence-corrected chi connectivity index (χ0v) is 20.1. The van der Waals surface area contributed by atoms with Gasteiger partial charge in [0.2, 0.25) is 0 Å². The summed E-state index contributed by atoms with van der Waals surface area (Å²) in [5.74, 6) is 0.750. The van der Waals surface area contributed by atoms with Gasteiger partial charge in [-0.25, -0.2) is 4.98 Å². The summed E-state index contributed by atoms with van der Waals surface area (Å²) in [6.45, 7) is 3.86. The van der Waals surface area contributed by atoms with E-state index in [1.165, 1.54) is 11.1 Å². The van der Waals surface area contributed by atoms with E-state index in [9.17, 15) is 0 Å². The first-order valence-corrected chi connectivity index (χ1v) is 11.9. The van der Waals surface area contributed by atoms with Crippen molar-refractivity contribution in [3.63, 3.8) is 0 Å². The van der Waals surface area contributed by atoms with Gasteiger partial charge in [0.25, 0.3) is 0 Å². The van der Waals surface area contributed by atoms with Crippen LogP contribution in [0.2, 0.25) is 0 Å². The van der Waals surface area contributed by atoms with Crippen molar-refractivity contribution < 1.29 is 4.74 Å². The van der Waals surface area contributed by atoms with Crippen LogP contribution in [0.3, 0.4) is 0 Å². The predicted molar refractivity (Wildman–Crippen MR) is 140 cm³/mol. The van der Waals surface area contributed by atoms with Crippen LogP contribution in [0, 0.1) is 6.92 Å². The van der Waals surface area contributed by atoms with Gasteiger partial charge >= 0.3 is 0 Å². The van der Waals surface area contributed by atoms with E-state index in [2.05, 4.69) is 75.9 Å². The van der Waals surface area contributed by atoms with Crippen molar-refractivity contribution in [1.29, 1.82) is 0 Å². The van der Waals surface area contributed by atoms with Crippen LogP contribution >= 0.6 is 0 Å². The zero-order valence-electron chi connectivity index (χ0n) is 20.1. The van der Waals surface area contributed by atoms with Crippen molar-refractivity contribution in [3.8, 4) is 11.4 Å². The maximum absolute atomic E-state index is 6.43.